The summed E-state index contributed by atoms with van der Waals surface area (Å²) in [6.07, 6.45) is 0. The van der Waals surface area contributed by atoms with Crippen molar-refractivity contribution >= 4 is 29.0 Å². The first kappa shape index (κ1) is 15.9. The van der Waals surface area contributed by atoms with Crippen LogP contribution in [0, 0.1) is 0 Å². The van der Waals surface area contributed by atoms with Crippen LogP contribution in [-0.2, 0) is 10.3 Å². The van der Waals surface area contributed by atoms with E-state index < -0.39 is 17.2 Å². The van der Waals surface area contributed by atoms with Gasteiger partial charge < -0.3 is 10.1 Å². The van der Waals surface area contributed by atoms with Crippen LogP contribution in [0.25, 0.3) is 10.4 Å². The summed E-state index contributed by atoms with van der Waals surface area (Å²) in [6.45, 7) is 0. The first-order chi connectivity index (χ1) is 11.5. The number of azide groups is 1. The van der Waals surface area contributed by atoms with E-state index in [1.54, 1.807) is 30.3 Å². The number of nitrogens with one attached hydrogen (secondary N) is 1. The van der Waals surface area contributed by atoms with Gasteiger partial charge in [-0.2, -0.15) is 0 Å². The molecule has 2 aromatic carbocycles. The predicted octanol–water partition coefficient (Wildman–Crippen LogP) is 3.69. The van der Waals surface area contributed by atoms with Gasteiger partial charge in [0, 0.05) is 16.5 Å². The lowest BCUT2D eigenvalue weighted by Crippen LogP contribution is -2.49. The Kier molecular flexibility index (Phi) is 3.89. The largest absolute Gasteiger partial charge is 0.495 e. The standard InChI is InChI=1S/C16H11ClN4O3/c1-24-13-8-12-10(7-11(13)17)14(22)16(20-21-18,15(23)19-12)9-5-3-2-4-6-9/h2-8H,1H3,(H,19,23). The van der Waals surface area contributed by atoms with Gasteiger partial charge in [-0.15, -0.1) is 0 Å². The maximum atomic E-state index is 13.1. The molecule has 1 amide bonds. The molecule has 2 aromatic rings. The van der Waals surface area contributed by atoms with Gasteiger partial charge in [-0.1, -0.05) is 47.0 Å². The van der Waals surface area contributed by atoms with Crippen molar-refractivity contribution in [3.63, 3.8) is 0 Å². The Labute approximate surface area is 141 Å². The van der Waals surface area contributed by atoms with Crippen molar-refractivity contribution in [2.75, 3.05) is 12.4 Å². The molecule has 0 saturated carbocycles. The normalized spacial score (nSPS) is 19.1. The summed E-state index contributed by atoms with van der Waals surface area (Å²) in [5.74, 6) is -1.05. The number of hydrogen-bond acceptors (Lipinski definition) is 4. The lowest BCUT2D eigenvalue weighted by Gasteiger charge is -2.32. The number of anilines is 1. The van der Waals surface area contributed by atoms with Crippen molar-refractivity contribution < 1.29 is 14.3 Å². The molecular weight excluding hydrogens is 332 g/mol. The van der Waals surface area contributed by atoms with Crippen LogP contribution in [0.5, 0.6) is 5.75 Å². The van der Waals surface area contributed by atoms with E-state index in [2.05, 4.69) is 15.3 Å². The third-order valence-corrected chi connectivity index (χ3v) is 4.12. The van der Waals surface area contributed by atoms with Gasteiger partial charge in [-0.05, 0) is 17.2 Å². The van der Waals surface area contributed by atoms with Crippen LogP contribution < -0.4 is 10.1 Å². The lowest BCUT2D eigenvalue weighted by molar-refractivity contribution is -0.120. The van der Waals surface area contributed by atoms with Crippen LogP contribution >= 0.6 is 11.6 Å². The van der Waals surface area contributed by atoms with E-state index in [1.807, 2.05) is 0 Å². The number of methoxy groups -OCH3 is 1. The van der Waals surface area contributed by atoms with Crippen molar-refractivity contribution in [3.8, 4) is 5.75 Å². The number of fused-ring (bicyclic) bond motifs is 1. The van der Waals surface area contributed by atoms with Gasteiger partial charge in [0.2, 0.25) is 11.4 Å². The van der Waals surface area contributed by atoms with E-state index in [4.69, 9.17) is 21.9 Å². The van der Waals surface area contributed by atoms with E-state index in [0.717, 1.165) is 0 Å². The average molecular weight is 343 g/mol. The van der Waals surface area contributed by atoms with E-state index in [9.17, 15) is 9.59 Å². The molecule has 1 unspecified atom stereocenters. The average Bonchev–Trinajstić information content (AvgIpc) is 2.60. The van der Waals surface area contributed by atoms with Gasteiger partial charge >= 0.3 is 0 Å². The summed E-state index contributed by atoms with van der Waals surface area (Å²) in [5, 5.41) is 6.38. The third kappa shape index (κ3) is 2.19. The summed E-state index contributed by atoms with van der Waals surface area (Å²) in [5.41, 5.74) is 7.62. The van der Waals surface area contributed by atoms with Gasteiger partial charge in [0.05, 0.1) is 17.8 Å². The molecule has 0 aromatic heterocycles. The number of rotatable bonds is 3. The number of ketones is 1. The van der Waals surface area contributed by atoms with E-state index >= 15 is 0 Å². The monoisotopic (exact) mass is 342 g/mol. The summed E-state index contributed by atoms with van der Waals surface area (Å²) >= 11 is 6.09. The Morgan fingerprint density at radius 3 is 2.58 bits per heavy atom. The SMILES string of the molecule is COc1cc2c(cc1Cl)C(=O)C(N=[N+]=[N-])(c1ccccc1)C(=O)N2. The molecule has 3 rings (SSSR count). The molecule has 0 saturated heterocycles. The van der Waals surface area contributed by atoms with Crippen molar-refractivity contribution in [1.29, 1.82) is 0 Å². The van der Waals surface area contributed by atoms with Crippen molar-refractivity contribution in [2.45, 2.75) is 5.54 Å². The molecule has 1 aliphatic heterocycles. The second-order valence-electron chi connectivity index (χ2n) is 5.08. The maximum absolute atomic E-state index is 13.1. The lowest BCUT2D eigenvalue weighted by atomic mass is 9.79. The maximum Gasteiger partial charge on any atom is 0.249 e. The fourth-order valence-electron chi connectivity index (χ4n) is 2.67. The van der Waals surface area contributed by atoms with E-state index in [1.165, 1.54) is 19.2 Å². The Morgan fingerprint density at radius 1 is 1.25 bits per heavy atom. The summed E-state index contributed by atoms with van der Waals surface area (Å²) in [7, 11) is 1.42. The van der Waals surface area contributed by atoms with E-state index in [0.29, 0.717) is 5.75 Å². The number of benzene rings is 2. The Morgan fingerprint density at radius 2 is 1.96 bits per heavy atom. The summed E-state index contributed by atoms with van der Waals surface area (Å²) < 4.78 is 5.09. The molecule has 8 heteroatoms. The number of hydrogen-bond donors (Lipinski definition) is 1. The van der Waals surface area contributed by atoms with Crippen molar-refractivity contribution in [1.82, 2.24) is 0 Å². The molecular formula is C16H11ClN4O3. The summed E-state index contributed by atoms with van der Waals surface area (Å²) in [6, 6.07) is 11.0. The van der Waals surface area contributed by atoms with Gasteiger partial charge in [0.1, 0.15) is 5.75 Å². The number of ether oxygens (including phenoxy) is 1. The second-order valence-corrected chi connectivity index (χ2v) is 5.49. The van der Waals surface area contributed by atoms with Gasteiger partial charge in [-0.25, -0.2) is 0 Å². The highest BCUT2D eigenvalue weighted by Gasteiger charge is 2.51. The number of carbonyl (C=O) groups excluding carboxylic acids is 2. The molecule has 0 radical (unpaired) electrons. The topological polar surface area (TPSA) is 104 Å². The van der Waals surface area contributed by atoms with Crippen LogP contribution in [0.4, 0.5) is 5.69 Å². The first-order valence-electron chi connectivity index (χ1n) is 6.90. The minimum Gasteiger partial charge on any atom is -0.495 e. The number of amides is 1. The molecule has 1 heterocycles. The van der Waals surface area contributed by atoms with Crippen LogP contribution in [0.1, 0.15) is 15.9 Å². The molecule has 0 aliphatic carbocycles. The Balaban J connectivity index is 2.27. The number of carbonyl (C=O) groups is 2. The van der Waals surface area contributed by atoms with Crippen molar-refractivity contribution in [2.24, 2.45) is 5.11 Å². The molecule has 24 heavy (non-hydrogen) atoms. The van der Waals surface area contributed by atoms with Crippen molar-refractivity contribution in [3.05, 3.63) is 69.1 Å². The highest BCUT2D eigenvalue weighted by Crippen LogP contribution is 2.41. The van der Waals surface area contributed by atoms with E-state index in [-0.39, 0.29) is 21.8 Å². The molecule has 0 bridgehead atoms. The first-order valence-corrected chi connectivity index (χ1v) is 7.28. The van der Waals surface area contributed by atoms with Crippen LogP contribution in [0.3, 0.4) is 0 Å². The zero-order chi connectivity index (χ0) is 17.3. The molecule has 0 spiro atoms. The predicted molar refractivity (Wildman–Crippen MR) is 88.2 cm³/mol. The number of nitrogens with zero attached hydrogens (tertiary/aromatic N) is 3. The zero-order valence-electron chi connectivity index (χ0n) is 12.5. The highest BCUT2D eigenvalue weighted by atomic mass is 35.5. The summed E-state index contributed by atoms with van der Waals surface area (Å²) in [4.78, 5) is 28.5. The fraction of sp³-hybridized carbons (Fsp3) is 0.125. The number of Topliss-reactive ketones (excluding diaryl/α,β-unsaturated/α-hetero) is 1. The van der Waals surface area contributed by atoms with Crippen LogP contribution in [-0.4, -0.2) is 18.8 Å². The van der Waals surface area contributed by atoms with Gasteiger partial charge in [0.15, 0.2) is 5.78 Å². The molecule has 1 N–H and O–H groups in total. The second kappa shape index (κ2) is 5.88. The Hall–Kier alpha value is -3.02. The van der Waals surface area contributed by atoms with Gasteiger partial charge in [-0.3, -0.25) is 9.59 Å². The third-order valence-electron chi connectivity index (χ3n) is 3.83. The van der Waals surface area contributed by atoms with Crippen LogP contribution in [0.15, 0.2) is 47.6 Å². The minimum absolute atomic E-state index is 0.150. The highest BCUT2D eigenvalue weighted by molar-refractivity contribution is 6.34. The number of halogens is 1. The minimum atomic E-state index is -2.01. The smallest absolute Gasteiger partial charge is 0.249 e. The molecule has 1 aliphatic rings. The Bertz CT molecular complexity index is 894. The molecule has 1 atom stereocenters. The molecule has 0 fully saturated rings. The quantitative estimate of drug-likeness (QED) is 0.398. The van der Waals surface area contributed by atoms with Gasteiger partial charge in [0.25, 0.3) is 0 Å². The van der Waals surface area contributed by atoms with Crippen LogP contribution in [0.2, 0.25) is 5.02 Å². The zero-order valence-corrected chi connectivity index (χ0v) is 13.2. The molecule has 120 valence electrons. The fourth-order valence-corrected chi connectivity index (χ4v) is 2.91. The molecule has 7 nitrogen and oxygen atoms in total.